The SMILES string of the molecule is COC(=O)Cc1sc(NC(=O)c2ccc3c(=O)n4c(nc3c2)CCC4)nc1-c1ccccc1. The number of aromatic nitrogens is 3. The molecule has 8 nitrogen and oxygen atoms in total. The molecule has 0 atom stereocenters. The summed E-state index contributed by atoms with van der Waals surface area (Å²) in [4.78, 5) is 47.4. The minimum absolute atomic E-state index is 0.0587. The number of nitrogens with one attached hydrogen (secondary N) is 1. The van der Waals surface area contributed by atoms with Crippen LogP contribution in [0, 0.1) is 0 Å². The number of aryl methyl sites for hydroxylation is 1. The van der Waals surface area contributed by atoms with Crippen LogP contribution in [0.25, 0.3) is 22.2 Å². The number of nitrogens with zero attached hydrogens (tertiary/aromatic N) is 3. The Bertz CT molecular complexity index is 1440. The summed E-state index contributed by atoms with van der Waals surface area (Å²) < 4.78 is 6.51. The van der Waals surface area contributed by atoms with Gasteiger partial charge in [0.15, 0.2) is 5.13 Å². The fourth-order valence-electron chi connectivity index (χ4n) is 3.94. The van der Waals surface area contributed by atoms with Gasteiger partial charge < -0.3 is 4.74 Å². The molecule has 0 fully saturated rings. The molecule has 0 spiro atoms. The van der Waals surface area contributed by atoms with Crippen molar-refractivity contribution >= 4 is 39.2 Å². The zero-order valence-corrected chi connectivity index (χ0v) is 18.6. The number of fused-ring (bicyclic) bond motifs is 2. The molecule has 0 saturated carbocycles. The van der Waals surface area contributed by atoms with Gasteiger partial charge in [0.25, 0.3) is 11.5 Å². The van der Waals surface area contributed by atoms with E-state index in [0.29, 0.717) is 38.7 Å². The highest BCUT2D eigenvalue weighted by Crippen LogP contribution is 2.32. The lowest BCUT2D eigenvalue weighted by Crippen LogP contribution is -2.21. The minimum atomic E-state index is -0.381. The third kappa shape index (κ3) is 4.03. The van der Waals surface area contributed by atoms with Crippen LogP contribution in [0.15, 0.2) is 53.3 Å². The molecule has 0 bridgehead atoms. The molecule has 4 aromatic rings. The number of methoxy groups -OCH3 is 1. The molecule has 1 aliphatic rings. The maximum absolute atomic E-state index is 13.0. The van der Waals surface area contributed by atoms with E-state index in [1.807, 2.05) is 30.3 Å². The molecule has 33 heavy (non-hydrogen) atoms. The first kappa shape index (κ1) is 21.0. The molecule has 1 N–H and O–H groups in total. The predicted molar refractivity (Wildman–Crippen MR) is 126 cm³/mol. The van der Waals surface area contributed by atoms with E-state index in [1.54, 1.807) is 22.8 Å². The topological polar surface area (TPSA) is 103 Å². The van der Waals surface area contributed by atoms with E-state index in [0.717, 1.165) is 24.2 Å². The van der Waals surface area contributed by atoms with Crippen LogP contribution in [0.2, 0.25) is 0 Å². The number of carbonyl (C=O) groups is 2. The molecule has 166 valence electrons. The summed E-state index contributed by atoms with van der Waals surface area (Å²) >= 11 is 1.23. The number of hydrogen-bond acceptors (Lipinski definition) is 7. The number of anilines is 1. The third-order valence-corrected chi connectivity index (χ3v) is 6.55. The Morgan fingerprint density at radius 1 is 1.15 bits per heavy atom. The van der Waals surface area contributed by atoms with Gasteiger partial charge in [-0.05, 0) is 24.6 Å². The van der Waals surface area contributed by atoms with Gasteiger partial charge in [-0.2, -0.15) is 0 Å². The fraction of sp³-hybridized carbons (Fsp3) is 0.208. The fourth-order valence-corrected chi connectivity index (χ4v) is 4.91. The average molecular weight is 461 g/mol. The number of thiazole rings is 1. The van der Waals surface area contributed by atoms with Crippen molar-refractivity contribution in [3.63, 3.8) is 0 Å². The smallest absolute Gasteiger partial charge is 0.310 e. The predicted octanol–water partition coefficient (Wildman–Crippen LogP) is 3.43. The molecule has 5 rings (SSSR count). The summed E-state index contributed by atoms with van der Waals surface area (Å²) in [5.41, 5.74) is 2.29. The summed E-state index contributed by atoms with van der Waals surface area (Å²) in [5, 5.41) is 3.69. The normalized spacial score (nSPS) is 12.5. The summed E-state index contributed by atoms with van der Waals surface area (Å²) in [6.45, 7) is 0.682. The van der Waals surface area contributed by atoms with E-state index >= 15 is 0 Å². The first-order chi connectivity index (χ1) is 16.0. The van der Waals surface area contributed by atoms with Crippen LogP contribution in [-0.2, 0) is 28.9 Å². The second kappa shape index (κ2) is 8.59. The van der Waals surface area contributed by atoms with Gasteiger partial charge in [-0.1, -0.05) is 30.3 Å². The summed E-state index contributed by atoms with van der Waals surface area (Å²) in [5.74, 6) is 0.00958. The molecule has 0 saturated heterocycles. The Kier molecular flexibility index (Phi) is 5.47. The van der Waals surface area contributed by atoms with Crippen LogP contribution in [-0.4, -0.2) is 33.5 Å². The van der Waals surface area contributed by atoms with Crippen molar-refractivity contribution in [2.75, 3.05) is 12.4 Å². The van der Waals surface area contributed by atoms with Gasteiger partial charge in [-0.25, -0.2) is 9.97 Å². The number of ether oxygens (including phenoxy) is 1. The van der Waals surface area contributed by atoms with Gasteiger partial charge in [0.1, 0.15) is 5.82 Å². The molecule has 2 aromatic carbocycles. The van der Waals surface area contributed by atoms with E-state index in [4.69, 9.17) is 4.74 Å². The van der Waals surface area contributed by atoms with Crippen molar-refractivity contribution in [1.82, 2.24) is 14.5 Å². The van der Waals surface area contributed by atoms with E-state index in [-0.39, 0.29) is 23.9 Å². The van der Waals surface area contributed by atoms with Crippen molar-refractivity contribution in [3.8, 4) is 11.3 Å². The van der Waals surface area contributed by atoms with Crippen molar-refractivity contribution in [2.45, 2.75) is 25.8 Å². The molecular formula is C24H20N4O4S. The van der Waals surface area contributed by atoms with Gasteiger partial charge in [0.2, 0.25) is 0 Å². The number of benzene rings is 2. The number of rotatable bonds is 5. The Balaban J connectivity index is 1.46. The molecule has 1 amide bonds. The molecule has 9 heteroatoms. The van der Waals surface area contributed by atoms with Crippen LogP contribution in [0.4, 0.5) is 5.13 Å². The largest absolute Gasteiger partial charge is 0.469 e. The van der Waals surface area contributed by atoms with Gasteiger partial charge in [-0.3, -0.25) is 24.3 Å². The second-order valence-corrected chi connectivity index (χ2v) is 8.77. The van der Waals surface area contributed by atoms with E-state index in [9.17, 15) is 14.4 Å². The number of hydrogen-bond donors (Lipinski definition) is 1. The summed E-state index contributed by atoms with van der Waals surface area (Å²) in [7, 11) is 1.34. The Morgan fingerprint density at radius 3 is 2.76 bits per heavy atom. The van der Waals surface area contributed by atoms with E-state index < -0.39 is 0 Å². The van der Waals surface area contributed by atoms with Crippen LogP contribution in [0.5, 0.6) is 0 Å². The third-order valence-electron chi connectivity index (χ3n) is 5.58. The maximum Gasteiger partial charge on any atom is 0.310 e. The van der Waals surface area contributed by atoms with E-state index in [2.05, 4.69) is 15.3 Å². The van der Waals surface area contributed by atoms with Gasteiger partial charge in [-0.15, -0.1) is 11.3 Å². The van der Waals surface area contributed by atoms with Crippen LogP contribution < -0.4 is 10.9 Å². The molecule has 1 aliphatic heterocycles. The molecule has 0 aliphatic carbocycles. The monoisotopic (exact) mass is 460 g/mol. The lowest BCUT2D eigenvalue weighted by Gasteiger charge is -2.07. The van der Waals surface area contributed by atoms with Crippen molar-refractivity contribution < 1.29 is 14.3 Å². The minimum Gasteiger partial charge on any atom is -0.469 e. The first-order valence-electron chi connectivity index (χ1n) is 10.5. The first-order valence-corrected chi connectivity index (χ1v) is 11.3. The zero-order valence-electron chi connectivity index (χ0n) is 17.8. The summed E-state index contributed by atoms with van der Waals surface area (Å²) in [6, 6.07) is 14.3. The van der Waals surface area contributed by atoms with Gasteiger partial charge >= 0.3 is 5.97 Å². The highest BCUT2D eigenvalue weighted by molar-refractivity contribution is 7.16. The highest BCUT2D eigenvalue weighted by atomic mass is 32.1. The Labute approximate surface area is 192 Å². The Morgan fingerprint density at radius 2 is 1.97 bits per heavy atom. The molecule has 0 unspecified atom stereocenters. The number of carbonyl (C=O) groups excluding carboxylic acids is 2. The number of amides is 1. The van der Waals surface area contributed by atoms with Crippen LogP contribution in [0.3, 0.4) is 0 Å². The zero-order chi connectivity index (χ0) is 22.9. The van der Waals surface area contributed by atoms with Crippen molar-refractivity contribution in [1.29, 1.82) is 0 Å². The molecule has 3 heterocycles. The van der Waals surface area contributed by atoms with Crippen molar-refractivity contribution in [2.24, 2.45) is 0 Å². The molecule has 0 radical (unpaired) electrons. The quantitative estimate of drug-likeness (QED) is 0.458. The second-order valence-electron chi connectivity index (χ2n) is 7.68. The number of esters is 1. The average Bonchev–Trinajstić information content (AvgIpc) is 3.46. The van der Waals surface area contributed by atoms with Crippen molar-refractivity contribution in [3.05, 3.63) is 75.1 Å². The highest BCUT2D eigenvalue weighted by Gasteiger charge is 2.20. The lowest BCUT2D eigenvalue weighted by atomic mass is 10.1. The Hall–Kier alpha value is -3.85. The molecule has 2 aromatic heterocycles. The van der Waals surface area contributed by atoms with Gasteiger partial charge in [0, 0.05) is 29.0 Å². The van der Waals surface area contributed by atoms with Crippen LogP contribution in [0.1, 0.15) is 27.5 Å². The lowest BCUT2D eigenvalue weighted by molar-refractivity contribution is -0.139. The van der Waals surface area contributed by atoms with Crippen LogP contribution >= 0.6 is 11.3 Å². The standard InChI is InChI=1S/C24H20N4O4S/c1-32-20(29)13-18-21(14-6-3-2-4-7-14)26-24(33-18)27-22(30)15-9-10-16-17(12-15)25-19-8-5-11-28(19)23(16)31/h2-4,6-7,9-10,12H,5,8,11,13H2,1H3,(H,26,27,30). The van der Waals surface area contributed by atoms with E-state index in [1.165, 1.54) is 18.4 Å². The summed E-state index contributed by atoms with van der Waals surface area (Å²) in [6.07, 6.45) is 1.71. The van der Waals surface area contributed by atoms with Gasteiger partial charge in [0.05, 0.1) is 30.1 Å². The maximum atomic E-state index is 13.0. The molecular weight excluding hydrogens is 440 g/mol.